The largest absolute Gasteiger partial charge is 0.496 e. The molecule has 0 saturated heterocycles. The summed E-state index contributed by atoms with van der Waals surface area (Å²) in [5, 5.41) is 3.17. The Hall–Kier alpha value is -1.94. The van der Waals surface area contributed by atoms with Crippen molar-refractivity contribution in [3.05, 3.63) is 65.2 Å². The molecule has 0 amide bonds. The van der Waals surface area contributed by atoms with E-state index >= 15 is 0 Å². The van der Waals surface area contributed by atoms with Crippen LogP contribution in [0.1, 0.15) is 24.1 Å². The van der Waals surface area contributed by atoms with Crippen LogP contribution in [-0.4, -0.2) is 7.11 Å². The van der Waals surface area contributed by atoms with Crippen molar-refractivity contribution < 1.29 is 13.5 Å². The molecule has 0 bridgehead atoms. The zero-order valence-electron chi connectivity index (χ0n) is 11.5. The topological polar surface area (TPSA) is 21.3 Å². The summed E-state index contributed by atoms with van der Waals surface area (Å²) >= 11 is 0. The van der Waals surface area contributed by atoms with Gasteiger partial charge in [-0.3, -0.25) is 0 Å². The van der Waals surface area contributed by atoms with Gasteiger partial charge in [-0.2, -0.15) is 0 Å². The maximum absolute atomic E-state index is 13.6. The summed E-state index contributed by atoms with van der Waals surface area (Å²) in [7, 11) is 1.61. The van der Waals surface area contributed by atoms with Crippen LogP contribution in [0.4, 0.5) is 8.78 Å². The van der Waals surface area contributed by atoms with Crippen LogP contribution in [-0.2, 0) is 6.54 Å². The Kier molecular flexibility index (Phi) is 4.69. The average molecular weight is 277 g/mol. The maximum Gasteiger partial charge on any atom is 0.163 e. The number of para-hydroxylation sites is 1. The summed E-state index contributed by atoms with van der Waals surface area (Å²) in [6, 6.07) is 11.8. The summed E-state index contributed by atoms with van der Waals surface area (Å²) in [4.78, 5) is 0. The Bertz CT molecular complexity index is 586. The fourth-order valence-corrected chi connectivity index (χ4v) is 2.08. The molecule has 0 aliphatic rings. The van der Waals surface area contributed by atoms with Crippen LogP contribution in [0.15, 0.2) is 42.5 Å². The first-order valence-corrected chi connectivity index (χ1v) is 6.42. The Morgan fingerprint density at radius 1 is 1.10 bits per heavy atom. The molecule has 2 nitrogen and oxygen atoms in total. The van der Waals surface area contributed by atoms with E-state index < -0.39 is 11.6 Å². The van der Waals surface area contributed by atoms with E-state index in [1.807, 2.05) is 31.2 Å². The molecule has 4 heteroatoms. The monoisotopic (exact) mass is 277 g/mol. The van der Waals surface area contributed by atoms with Gasteiger partial charge in [0.25, 0.3) is 0 Å². The van der Waals surface area contributed by atoms with Crippen molar-refractivity contribution in [1.29, 1.82) is 0 Å². The van der Waals surface area contributed by atoms with E-state index in [0.29, 0.717) is 5.56 Å². The highest BCUT2D eigenvalue weighted by atomic mass is 19.2. The van der Waals surface area contributed by atoms with Crippen LogP contribution in [0.2, 0.25) is 0 Å². The van der Waals surface area contributed by atoms with Gasteiger partial charge in [0, 0.05) is 23.7 Å². The van der Waals surface area contributed by atoms with Crippen molar-refractivity contribution in [2.75, 3.05) is 7.11 Å². The molecule has 0 aromatic heterocycles. The smallest absolute Gasteiger partial charge is 0.163 e. The summed E-state index contributed by atoms with van der Waals surface area (Å²) in [5.41, 5.74) is 1.29. The lowest BCUT2D eigenvalue weighted by Gasteiger charge is -2.17. The number of methoxy groups -OCH3 is 1. The molecule has 0 spiro atoms. The van der Waals surface area contributed by atoms with E-state index in [1.165, 1.54) is 6.07 Å². The van der Waals surface area contributed by atoms with Crippen molar-refractivity contribution >= 4 is 0 Å². The van der Waals surface area contributed by atoms with Crippen LogP contribution < -0.4 is 10.1 Å². The van der Waals surface area contributed by atoms with Crippen molar-refractivity contribution in [2.45, 2.75) is 19.5 Å². The first kappa shape index (κ1) is 14.5. The lowest BCUT2D eigenvalue weighted by molar-refractivity contribution is 0.401. The van der Waals surface area contributed by atoms with Gasteiger partial charge in [-0.25, -0.2) is 8.78 Å². The number of rotatable bonds is 5. The van der Waals surface area contributed by atoms with Gasteiger partial charge in [-0.15, -0.1) is 0 Å². The highest BCUT2D eigenvalue weighted by Gasteiger charge is 2.12. The third-order valence-electron chi connectivity index (χ3n) is 3.24. The van der Waals surface area contributed by atoms with Crippen molar-refractivity contribution in [1.82, 2.24) is 5.32 Å². The van der Waals surface area contributed by atoms with E-state index in [0.717, 1.165) is 17.4 Å². The molecular formula is C16H17F2NO. The molecule has 0 heterocycles. The molecule has 0 aliphatic heterocycles. The summed E-state index contributed by atoms with van der Waals surface area (Å²) in [5.74, 6) is -0.853. The second-order valence-corrected chi connectivity index (χ2v) is 4.56. The molecule has 2 aromatic carbocycles. The molecule has 2 aromatic rings. The van der Waals surface area contributed by atoms with Gasteiger partial charge in [0.05, 0.1) is 7.11 Å². The molecule has 1 atom stereocenters. The minimum atomic E-state index is -0.825. The van der Waals surface area contributed by atoms with E-state index in [2.05, 4.69) is 5.32 Å². The van der Waals surface area contributed by atoms with Crippen LogP contribution in [0.3, 0.4) is 0 Å². The van der Waals surface area contributed by atoms with E-state index in [4.69, 9.17) is 4.74 Å². The fourth-order valence-electron chi connectivity index (χ4n) is 2.08. The van der Waals surface area contributed by atoms with Gasteiger partial charge in [0.2, 0.25) is 0 Å². The maximum atomic E-state index is 13.6. The van der Waals surface area contributed by atoms with Crippen molar-refractivity contribution in [3.63, 3.8) is 0 Å². The first-order chi connectivity index (χ1) is 9.63. The third kappa shape index (κ3) is 3.14. The van der Waals surface area contributed by atoms with E-state index in [-0.39, 0.29) is 12.6 Å². The molecule has 0 aliphatic carbocycles. The highest BCUT2D eigenvalue weighted by Crippen LogP contribution is 2.24. The van der Waals surface area contributed by atoms with Gasteiger partial charge in [0.1, 0.15) is 5.75 Å². The van der Waals surface area contributed by atoms with Gasteiger partial charge >= 0.3 is 0 Å². The summed E-state index contributed by atoms with van der Waals surface area (Å²) in [6.07, 6.45) is 0. The molecule has 0 radical (unpaired) electrons. The van der Waals surface area contributed by atoms with Crippen LogP contribution in [0.5, 0.6) is 5.75 Å². The van der Waals surface area contributed by atoms with Crippen molar-refractivity contribution in [2.24, 2.45) is 0 Å². The van der Waals surface area contributed by atoms with E-state index in [1.54, 1.807) is 13.2 Å². The Labute approximate surface area is 117 Å². The fraction of sp³-hybridized carbons (Fsp3) is 0.250. The number of hydrogen-bond donors (Lipinski definition) is 1. The molecule has 0 fully saturated rings. The van der Waals surface area contributed by atoms with Gasteiger partial charge in [-0.05, 0) is 19.1 Å². The number of ether oxygens (including phenoxy) is 1. The number of halogens is 2. The van der Waals surface area contributed by atoms with Gasteiger partial charge in [-0.1, -0.05) is 30.3 Å². The molecule has 1 N–H and O–H groups in total. The molecule has 20 heavy (non-hydrogen) atoms. The Morgan fingerprint density at radius 2 is 1.85 bits per heavy atom. The standard InChI is InChI=1S/C16H17F2NO/c1-11(13-7-3-4-9-15(13)20-2)19-10-12-6-5-8-14(17)16(12)18/h3-9,11,19H,10H2,1-2H3. The number of benzene rings is 2. The lowest BCUT2D eigenvalue weighted by atomic mass is 10.1. The Balaban J connectivity index is 2.09. The predicted octanol–water partition coefficient (Wildman–Crippen LogP) is 3.82. The normalized spacial score (nSPS) is 12.2. The number of hydrogen-bond acceptors (Lipinski definition) is 2. The highest BCUT2D eigenvalue weighted by molar-refractivity contribution is 5.35. The minimum absolute atomic E-state index is 0.0335. The van der Waals surface area contributed by atoms with Gasteiger partial charge in [0.15, 0.2) is 11.6 Å². The molecule has 1 unspecified atom stereocenters. The van der Waals surface area contributed by atoms with Crippen LogP contribution >= 0.6 is 0 Å². The minimum Gasteiger partial charge on any atom is -0.496 e. The van der Waals surface area contributed by atoms with Crippen molar-refractivity contribution in [3.8, 4) is 5.75 Å². The lowest BCUT2D eigenvalue weighted by Crippen LogP contribution is -2.19. The van der Waals surface area contributed by atoms with Crippen LogP contribution in [0.25, 0.3) is 0 Å². The molecular weight excluding hydrogens is 260 g/mol. The summed E-state index contributed by atoms with van der Waals surface area (Å²) in [6.45, 7) is 2.21. The molecule has 0 saturated carbocycles. The second kappa shape index (κ2) is 6.48. The predicted molar refractivity (Wildman–Crippen MR) is 74.6 cm³/mol. The average Bonchev–Trinajstić information content (AvgIpc) is 2.48. The summed E-state index contributed by atoms with van der Waals surface area (Å²) < 4.78 is 32.0. The van der Waals surface area contributed by atoms with Crippen LogP contribution in [0, 0.1) is 11.6 Å². The zero-order valence-corrected chi connectivity index (χ0v) is 11.5. The zero-order chi connectivity index (χ0) is 14.5. The molecule has 106 valence electrons. The second-order valence-electron chi connectivity index (χ2n) is 4.56. The quantitative estimate of drug-likeness (QED) is 0.897. The Morgan fingerprint density at radius 3 is 2.60 bits per heavy atom. The first-order valence-electron chi connectivity index (χ1n) is 6.42. The van der Waals surface area contributed by atoms with Gasteiger partial charge < -0.3 is 10.1 Å². The van der Waals surface area contributed by atoms with E-state index in [9.17, 15) is 8.78 Å². The number of nitrogens with one attached hydrogen (secondary N) is 1. The molecule has 2 rings (SSSR count). The third-order valence-corrected chi connectivity index (χ3v) is 3.24. The SMILES string of the molecule is COc1ccccc1C(C)NCc1cccc(F)c1F.